The van der Waals surface area contributed by atoms with Crippen molar-refractivity contribution in [3.63, 3.8) is 0 Å². The topological polar surface area (TPSA) is 56.9 Å². The summed E-state index contributed by atoms with van der Waals surface area (Å²) in [7, 11) is 0. The van der Waals surface area contributed by atoms with Gasteiger partial charge in [-0.2, -0.15) is 0 Å². The van der Waals surface area contributed by atoms with E-state index in [1.807, 2.05) is 24.3 Å². The van der Waals surface area contributed by atoms with E-state index in [4.69, 9.17) is 0 Å². The quantitative estimate of drug-likeness (QED) is 0.527. The molecule has 0 fully saturated rings. The van der Waals surface area contributed by atoms with Crippen LogP contribution in [0.15, 0.2) is 60.8 Å². The van der Waals surface area contributed by atoms with Gasteiger partial charge in [0.25, 0.3) is 0 Å². The van der Waals surface area contributed by atoms with Crippen LogP contribution in [0.5, 0.6) is 0 Å². The lowest BCUT2D eigenvalue weighted by Crippen LogP contribution is -2.35. The Hall–Kier alpha value is -2.59. The molecular formula is C21H25N3O. The number of H-pyrrole nitrogens is 1. The van der Waals surface area contributed by atoms with Gasteiger partial charge in [-0.1, -0.05) is 48.5 Å². The molecule has 3 rings (SSSR count). The molecule has 25 heavy (non-hydrogen) atoms. The molecule has 4 heteroatoms. The minimum absolute atomic E-state index is 0.0620. The molecule has 0 unspecified atom stereocenters. The summed E-state index contributed by atoms with van der Waals surface area (Å²) in [6.07, 6.45) is 4.92. The van der Waals surface area contributed by atoms with E-state index in [-0.39, 0.29) is 5.91 Å². The molecule has 1 amide bonds. The molecule has 0 radical (unpaired) electrons. The lowest BCUT2D eigenvalue weighted by molar-refractivity contribution is -0.120. The minimum atomic E-state index is 0.0620. The number of hydrogen-bond acceptors (Lipinski definition) is 2. The van der Waals surface area contributed by atoms with Gasteiger partial charge in [-0.25, -0.2) is 0 Å². The van der Waals surface area contributed by atoms with Gasteiger partial charge >= 0.3 is 0 Å². The normalized spacial score (nSPS) is 10.9. The SMILES string of the molecule is O=C(CNCCc1c[nH]c2ccccc12)NCCCc1ccccc1. The number of benzene rings is 2. The van der Waals surface area contributed by atoms with Gasteiger partial charge in [-0.05, 0) is 43.0 Å². The first kappa shape index (κ1) is 17.2. The first-order valence-corrected chi connectivity index (χ1v) is 8.89. The largest absolute Gasteiger partial charge is 0.361 e. The van der Waals surface area contributed by atoms with E-state index >= 15 is 0 Å². The van der Waals surface area contributed by atoms with Gasteiger partial charge in [-0.3, -0.25) is 4.79 Å². The molecule has 0 aliphatic carbocycles. The fourth-order valence-electron chi connectivity index (χ4n) is 2.99. The van der Waals surface area contributed by atoms with Crippen LogP contribution in [0.25, 0.3) is 10.9 Å². The number of nitrogens with one attached hydrogen (secondary N) is 3. The first-order valence-electron chi connectivity index (χ1n) is 8.89. The van der Waals surface area contributed by atoms with Crippen LogP contribution in [0.4, 0.5) is 0 Å². The van der Waals surface area contributed by atoms with Crippen LogP contribution >= 0.6 is 0 Å². The third kappa shape index (κ3) is 5.19. The molecule has 3 aromatic rings. The van der Waals surface area contributed by atoms with E-state index in [1.54, 1.807) is 0 Å². The first-order chi connectivity index (χ1) is 12.3. The maximum Gasteiger partial charge on any atom is 0.233 e. The van der Waals surface area contributed by atoms with Gasteiger partial charge in [0.1, 0.15) is 0 Å². The Morgan fingerprint density at radius 1 is 0.920 bits per heavy atom. The highest BCUT2D eigenvalue weighted by Gasteiger charge is 2.04. The van der Waals surface area contributed by atoms with Gasteiger partial charge in [-0.15, -0.1) is 0 Å². The predicted octanol–water partition coefficient (Wildman–Crippen LogP) is 3.05. The molecule has 130 valence electrons. The number of hydrogen-bond donors (Lipinski definition) is 3. The Bertz CT molecular complexity index is 795. The molecule has 4 nitrogen and oxygen atoms in total. The zero-order valence-corrected chi connectivity index (χ0v) is 14.4. The second kappa shape index (κ2) is 9.04. The van der Waals surface area contributed by atoms with Crippen molar-refractivity contribution in [3.05, 3.63) is 71.9 Å². The molecule has 0 atom stereocenters. The van der Waals surface area contributed by atoms with Crippen LogP contribution < -0.4 is 10.6 Å². The van der Waals surface area contributed by atoms with Crippen LogP contribution in [0.1, 0.15) is 17.5 Å². The summed E-state index contributed by atoms with van der Waals surface area (Å²) in [5.41, 5.74) is 3.76. The van der Waals surface area contributed by atoms with E-state index in [1.165, 1.54) is 16.5 Å². The molecule has 2 aromatic carbocycles. The number of fused-ring (bicyclic) bond motifs is 1. The van der Waals surface area contributed by atoms with Crippen molar-refractivity contribution in [3.8, 4) is 0 Å². The van der Waals surface area contributed by atoms with Gasteiger partial charge in [0.2, 0.25) is 5.91 Å². The van der Waals surface area contributed by atoms with E-state index < -0.39 is 0 Å². The second-order valence-corrected chi connectivity index (χ2v) is 6.23. The van der Waals surface area contributed by atoms with Gasteiger partial charge < -0.3 is 15.6 Å². The number of aromatic amines is 1. The van der Waals surface area contributed by atoms with E-state index in [9.17, 15) is 4.79 Å². The third-order valence-electron chi connectivity index (χ3n) is 4.34. The Balaban J connectivity index is 1.29. The van der Waals surface area contributed by atoms with Crippen molar-refractivity contribution in [1.29, 1.82) is 0 Å². The Kier molecular flexibility index (Phi) is 6.23. The molecular weight excluding hydrogens is 310 g/mol. The third-order valence-corrected chi connectivity index (χ3v) is 4.34. The molecule has 0 saturated carbocycles. The average molecular weight is 335 g/mol. The zero-order valence-electron chi connectivity index (χ0n) is 14.4. The van der Waals surface area contributed by atoms with Crippen molar-refractivity contribution in [2.24, 2.45) is 0 Å². The van der Waals surface area contributed by atoms with Gasteiger partial charge in [0.05, 0.1) is 6.54 Å². The fourth-order valence-corrected chi connectivity index (χ4v) is 2.99. The van der Waals surface area contributed by atoms with Crippen LogP contribution in [-0.4, -0.2) is 30.5 Å². The van der Waals surface area contributed by atoms with E-state index in [0.717, 1.165) is 37.9 Å². The van der Waals surface area contributed by atoms with Crippen molar-refractivity contribution in [2.75, 3.05) is 19.6 Å². The molecule has 0 aliphatic heterocycles. The summed E-state index contributed by atoms with van der Waals surface area (Å²) in [6, 6.07) is 18.6. The van der Waals surface area contributed by atoms with Crippen molar-refractivity contribution in [1.82, 2.24) is 15.6 Å². The summed E-state index contributed by atoms with van der Waals surface area (Å²) in [4.78, 5) is 15.1. The number of amides is 1. The number of carbonyl (C=O) groups is 1. The highest BCUT2D eigenvalue weighted by molar-refractivity contribution is 5.83. The molecule has 0 bridgehead atoms. The maximum atomic E-state index is 11.8. The second-order valence-electron chi connectivity index (χ2n) is 6.23. The number of rotatable bonds is 9. The summed E-state index contributed by atoms with van der Waals surface area (Å²) in [6.45, 7) is 1.88. The monoisotopic (exact) mass is 335 g/mol. The molecule has 3 N–H and O–H groups in total. The average Bonchev–Trinajstić information content (AvgIpc) is 3.06. The minimum Gasteiger partial charge on any atom is -0.361 e. The summed E-state index contributed by atoms with van der Waals surface area (Å²) >= 11 is 0. The molecule has 1 aromatic heterocycles. The summed E-state index contributed by atoms with van der Waals surface area (Å²) in [5.74, 6) is 0.0620. The number of carbonyl (C=O) groups excluding carboxylic acids is 1. The van der Waals surface area contributed by atoms with Gasteiger partial charge in [0.15, 0.2) is 0 Å². The standard InChI is InChI=1S/C21H25N3O/c25-21(23-13-6-9-17-7-2-1-3-8-17)16-22-14-12-18-15-24-20-11-5-4-10-19(18)20/h1-5,7-8,10-11,15,22,24H,6,9,12-14,16H2,(H,23,25). The van der Waals surface area contributed by atoms with E-state index in [0.29, 0.717) is 6.54 Å². The van der Waals surface area contributed by atoms with Gasteiger partial charge in [0, 0.05) is 23.6 Å². The molecule has 0 saturated heterocycles. The van der Waals surface area contributed by atoms with Crippen LogP contribution in [0, 0.1) is 0 Å². The summed E-state index contributed by atoms with van der Waals surface area (Å²) < 4.78 is 0. The van der Waals surface area contributed by atoms with Crippen molar-refractivity contribution in [2.45, 2.75) is 19.3 Å². The predicted molar refractivity (Wildman–Crippen MR) is 103 cm³/mol. The summed E-state index contributed by atoms with van der Waals surface area (Å²) in [5, 5.41) is 7.45. The number of para-hydroxylation sites is 1. The van der Waals surface area contributed by atoms with Crippen LogP contribution in [-0.2, 0) is 17.6 Å². The number of aromatic nitrogens is 1. The van der Waals surface area contributed by atoms with Crippen molar-refractivity contribution < 1.29 is 4.79 Å². The Morgan fingerprint density at radius 3 is 2.60 bits per heavy atom. The lowest BCUT2D eigenvalue weighted by Gasteiger charge is -2.07. The Labute approximate surface area is 148 Å². The van der Waals surface area contributed by atoms with Crippen LogP contribution in [0.3, 0.4) is 0 Å². The van der Waals surface area contributed by atoms with Crippen LogP contribution in [0.2, 0.25) is 0 Å². The lowest BCUT2D eigenvalue weighted by atomic mass is 10.1. The van der Waals surface area contributed by atoms with E-state index in [2.05, 4.69) is 52.1 Å². The highest BCUT2D eigenvalue weighted by atomic mass is 16.1. The number of aryl methyl sites for hydroxylation is 1. The Morgan fingerprint density at radius 2 is 1.72 bits per heavy atom. The fraction of sp³-hybridized carbons (Fsp3) is 0.286. The molecule has 0 spiro atoms. The molecule has 1 heterocycles. The smallest absolute Gasteiger partial charge is 0.233 e. The van der Waals surface area contributed by atoms with Crippen molar-refractivity contribution >= 4 is 16.8 Å². The highest BCUT2D eigenvalue weighted by Crippen LogP contribution is 2.17. The molecule has 0 aliphatic rings. The zero-order chi connectivity index (χ0) is 17.3. The maximum absolute atomic E-state index is 11.8.